The highest BCUT2D eigenvalue weighted by Gasteiger charge is 2.01. The van der Waals surface area contributed by atoms with Crippen LogP contribution in [0.2, 0.25) is 0 Å². The lowest BCUT2D eigenvalue weighted by molar-refractivity contribution is 1.02. The van der Waals surface area contributed by atoms with Gasteiger partial charge in [0.15, 0.2) is 0 Å². The van der Waals surface area contributed by atoms with Crippen LogP contribution in [0.25, 0.3) is 5.57 Å². The zero-order valence-electron chi connectivity index (χ0n) is 12.3. The van der Waals surface area contributed by atoms with Gasteiger partial charge in [0.25, 0.3) is 0 Å². The van der Waals surface area contributed by atoms with Crippen LogP contribution in [0.3, 0.4) is 0 Å². The van der Waals surface area contributed by atoms with Crippen molar-refractivity contribution in [3.05, 3.63) is 78.0 Å². The van der Waals surface area contributed by atoms with E-state index < -0.39 is 0 Å². The maximum atomic E-state index is 4.59. The lowest BCUT2D eigenvalue weighted by Gasteiger charge is -2.07. The smallest absolute Gasteiger partial charge is 0.0630 e. The zero-order valence-corrected chi connectivity index (χ0v) is 12.3. The lowest BCUT2D eigenvalue weighted by Crippen LogP contribution is -1.92. The van der Waals surface area contributed by atoms with Crippen LogP contribution in [0.5, 0.6) is 0 Å². The fourth-order valence-corrected chi connectivity index (χ4v) is 2.23. The van der Waals surface area contributed by atoms with Crippen LogP contribution in [-0.2, 0) is 0 Å². The Kier molecular flexibility index (Phi) is 4.89. The maximum Gasteiger partial charge on any atom is 0.0630 e. The Hall–Kier alpha value is -2.15. The quantitative estimate of drug-likeness (QED) is 0.650. The summed E-state index contributed by atoms with van der Waals surface area (Å²) in [6.45, 7) is 8.19. The van der Waals surface area contributed by atoms with Crippen molar-refractivity contribution in [1.29, 1.82) is 0 Å². The number of allylic oxidation sites excluding steroid dienone is 5. The highest BCUT2D eigenvalue weighted by Crippen LogP contribution is 2.18. The molecule has 0 radical (unpaired) electrons. The second-order valence-electron chi connectivity index (χ2n) is 5.03. The van der Waals surface area contributed by atoms with Gasteiger partial charge in [0, 0.05) is 5.71 Å². The van der Waals surface area contributed by atoms with Crippen molar-refractivity contribution < 1.29 is 0 Å². The molecule has 0 aliphatic heterocycles. The topological polar surface area (TPSA) is 12.4 Å². The Morgan fingerprint density at radius 1 is 1.15 bits per heavy atom. The minimum absolute atomic E-state index is 0.843. The highest BCUT2D eigenvalue weighted by molar-refractivity contribution is 5.99. The molecule has 1 heteroatoms. The summed E-state index contributed by atoms with van der Waals surface area (Å²) in [6.07, 6.45) is 10.8. The lowest BCUT2D eigenvalue weighted by atomic mass is 10.0. The molecule has 1 aromatic rings. The van der Waals surface area contributed by atoms with Crippen molar-refractivity contribution in [2.45, 2.75) is 26.7 Å². The molecule has 0 saturated carbocycles. The molecule has 1 aromatic carbocycles. The molecule has 0 fully saturated rings. The second kappa shape index (κ2) is 6.85. The van der Waals surface area contributed by atoms with Crippen LogP contribution in [0.15, 0.2) is 77.5 Å². The second-order valence-corrected chi connectivity index (χ2v) is 5.03. The first-order valence-electron chi connectivity index (χ1n) is 7.02. The molecule has 2 rings (SSSR count). The van der Waals surface area contributed by atoms with Crippen molar-refractivity contribution in [3.8, 4) is 0 Å². The van der Waals surface area contributed by atoms with E-state index in [0.29, 0.717) is 0 Å². The molecule has 0 bridgehead atoms. The van der Waals surface area contributed by atoms with E-state index >= 15 is 0 Å². The molecule has 0 atom stereocenters. The van der Waals surface area contributed by atoms with Gasteiger partial charge < -0.3 is 0 Å². The Labute approximate surface area is 121 Å². The number of aliphatic imine (C=N–C) groups is 1. The summed E-state index contributed by atoms with van der Waals surface area (Å²) in [6, 6.07) is 10.4. The number of benzene rings is 1. The molecule has 0 unspecified atom stereocenters. The van der Waals surface area contributed by atoms with E-state index in [2.05, 4.69) is 67.1 Å². The van der Waals surface area contributed by atoms with Crippen LogP contribution in [0, 0.1) is 0 Å². The van der Waals surface area contributed by atoms with Crippen LogP contribution in [0.1, 0.15) is 32.3 Å². The van der Waals surface area contributed by atoms with Gasteiger partial charge in [-0.1, -0.05) is 55.1 Å². The van der Waals surface area contributed by atoms with Crippen molar-refractivity contribution in [3.63, 3.8) is 0 Å². The van der Waals surface area contributed by atoms with Crippen LogP contribution >= 0.6 is 0 Å². The molecule has 20 heavy (non-hydrogen) atoms. The van der Waals surface area contributed by atoms with Gasteiger partial charge in [0.1, 0.15) is 0 Å². The molecule has 1 aliphatic rings. The molecule has 0 spiro atoms. The highest BCUT2D eigenvalue weighted by atomic mass is 14.7. The van der Waals surface area contributed by atoms with Crippen molar-refractivity contribution >= 4 is 11.3 Å². The van der Waals surface area contributed by atoms with E-state index in [0.717, 1.165) is 29.8 Å². The Balaban J connectivity index is 2.13. The van der Waals surface area contributed by atoms with Gasteiger partial charge in [-0.3, -0.25) is 4.99 Å². The van der Waals surface area contributed by atoms with Gasteiger partial charge in [0.2, 0.25) is 0 Å². The first kappa shape index (κ1) is 14.3. The maximum absolute atomic E-state index is 4.59. The predicted octanol–water partition coefficient (Wildman–Crippen LogP) is 5.34. The summed E-state index contributed by atoms with van der Waals surface area (Å²) in [5.74, 6) is 0. The van der Waals surface area contributed by atoms with E-state index in [1.165, 1.54) is 11.1 Å². The molecule has 0 saturated heterocycles. The Morgan fingerprint density at radius 3 is 2.55 bits per heavy atom. The molecule has 0 aromatic heterocycles. The van der Waals surface area contributed by atoms with E-state index in [4.69, 9.17) is 0 Å². The van der Waals surface area contributed by atoms with E-state index in [1.807, 2.05) is 13.0 Å². The van der Waals surface area contributed by atoms with Gasteiger partial charge >= 0.3 is 0 Å². The summed E-state index contributed by atoms with van der Waals surface area (Å²) in [5.41, 5.74) is 5.41. The summed E-state index contributed by atoms with van der Waals surface area (Å²) in [4.78, 5) is 4.59. The van der Waals surface area contributed by atoms with E-state index in [1.54, 1.807) is 0 Å². The van der Waals surface area contributed by atoms with Crippen LogP contribution in [-0.4, -0.2) is 5.71 Å². The third-order valence-corrected chi connectivity index (χ3v) is 3.29. The fraction of sp³-hybridized carbons (Fsp3) is 0.211. The average Bonchev–Trinajstić information content (AvgIpc) is 2.49. The van der Waals surface area contributed by atoms with Crippen molar-refractivity contribution in [2.75, 3.05) is 0 Å². The first-order chi connectivity index (χ1) is 9.66. The number of hydrogen-bond acceptors (Lipinski definition) is 1. The van der Waals surface area contributed by atoms with Gasteiger partial charge in [0.05, 0.1) is 5.70 Å². The Bertz CT molecular complexity index is 598. The van der Waals surface area contributed by atoms with Crippen molar-refractivity contribution in [2.24, 2.45) is 4.99 Å². The number of hydrogen-bond donors (Lipinski definition) is 0. The van der Waals surface area contributed by atoms with Crippen molar-refractivity contribution in [1.82, 2.24) is 0 Å². The standard InChI is InChI=1S/C19H21N/c1-15(18-10-6-4-7-11-18)14-16(2)20-17(3)19-12-8-5-9-13-19/h4,6-8,10-14H,3,5,9H2,1-2H3/b15-14+,20-16?. The molecular formula is C19H21N. The molecule has 0 heterocycles. The molecule has 0 amide bonds. The largest absolute Gasteiger partial charge is 0.254 e. The van der Waals surface area contributed by atoms with Gasteiger partial charge in [-0.2, -0.15) is 0 Å². The van der Waals surface area contributed by atoms with Gasteiger partial charge in [-0.15, -0.1) is 0 Å². The monoisotopic (exact) mass is 263 g/mol. The van der Waals surface area contributed by atoms with E-state index in [9.17, 15) is 0 Å². The summed E-state index contributed by atoms with van der Waals surface area (Å²) in [5, 5.41) is 0. The average molecular weight is 263 g/mol. The first-order valence-corrected chi connectivity index (χ1v) is 7.02. The SMILES string of the molecule is C=C(N=C(C)/C=C(\C)c1ccccc1)C1=CCCC=C1. The normalized spacial score (nSPS) is 16.0. The third kappa shape index (κ3) is 3.92. The summed E-state index contributed by atoms with van der Waals surface area (Å²) < 4.78 is 0. The summed E-state index contributed by atoms with van der Waals surface area (Å²) in [7, 11) is 0. The van der Waals surface area contributed by atoms with Gasteiger partial charge in [-0.05, 0) is 49.5 Å². The minimum Gasteiger partial charge on any atom is -0.254 e. The Morgan fingerprint density at radius 2 is 1.90 bits per heavy atom. The predicted molar refractivity (Wildman–Crippen MR) is 88.8 cm³/mol. The molecular weight excluding hydrogens is 242 g/mol. The molecule has 1 aliphatic carbocycles. The molecule has 0 N–H and O–H groups in total. The van der Waals surface area contributed by atoms with Crippen LogP contribution in [0.4, 0.5) is 0 Å². The molecule has 102 valence electrons. The summed E-state index contributed by atoms with van der Waals surface area (Å²) >= 11 is 0. The van der Waals surface area contributed by atoms with Crippen LogP contribution < -0.4 is 0 Å². The number of nitrogens with zero attached hydrogens (tertiary/aromatic N) is 1. The van der Waals surface area contributed by atoms with Gasteiger partial charge in [-0.25, -0.2) is 0 Å². The van der Waals surface area contributed by atoms with E-state index in [-0.39, 0.29) is 0 Å². The minimum atomic E-state index is 0.843. The zero-order chi connectivity index (χ0) is 14.4. The fourth-order valence-electron chi connectivity index (χ4n) is 2.23. The molecule has 1 nitrogen and oxygen atoms in total. The third-order valence-electron chi connectivity index (χ3n) is 3.29. The number of rotatable bonds is 4.